The SMILES string of the molecule is COCCN1C(=O)NC2CC(C(=O)N3CCN(c4ccc(F)cc4)CC3)CCC2C1=O. The van der Waals surface area contributed by atoms with E-state index in [0.717, 1.165) is 5.69 Å². The molecule has 0 bridgehead atoms. The van der Waals surface area contributed by atoms with Crippen molar-refractivity contribution in [2.75, 3.05) is 51.3 Å². The van der Waals surface area contributed by atoms with Gasteiger partial charge in [0, 0.05) is 50.9 Å². The number of nitrogens with zero attached hydrogens (tertiary/aromatic N) is 3. The summed E-state index contributed by atoms with van der Waals surface area (Å²) in [5, 5.41) is 2.93. The fraction of sp³-hybridized carbons (Fsp3) is 0.591. The zero-order valence-corrected chi connectivity index (χ0v) is 17.8. The van der Waals surface area contributed by atoms with Crippen molar-refractivity contribution in [2.24, 2.45) is 11.8 Å². The van der Waals surface area contributed by atoms with Gasteiger partial charge in [-0.05, 0) is 43.5 Å². The molecule has 3 unspecified atom stereocenters. The van der Waals surface area contributed by atoms with Gasteiger partial charge in [0.15, 0.2) is 0 Å². The van der Waals surface area contributed by atoms with Crippen LogP contribution in [-0.2, 0) is 14.3 Å². The third kappa shape index (κ3) is 4.51. The zero-order chi connectivity index (χ0) is 22.0. The van der Waals surface area contributed by atoms with Crippen molar-refractivity contribution in [1.82, 2.24) is 15.1 Å². The number of fused-ring (bicyclic) bond motifs is 1. The summed E-state index contributed by atoms with van der Waals surface area (Å²) in [4.78, 5) is 43.4. The van der Waals surface area contributed by atoms with Crippen LogP contribution in [0, 0.1) is 17.7 Å². The van der Waals surface area contributed by atoms with Crippen LogP contribution >= 0.6 is 0 Å². The molecule has 8 nitrogen and oxygen atoms in total. The Balaban J connectivity index is 1.31. The van der Waals surface area contributed by atoms with Gasteiger partial charge in [-0.1, -0.05) is 0 Å². The molecular weight excluding hydrogens is 403 g/mol. The number of hydrogen-bond acceptors (Lipinski definition) is 5. The number of ether oxygens (including phenoxy) is 1. The maximum Gasteiger partial charge on any atom is 0.324 e. The number of methoxy groups -OCH3 is 1. The van der Waals surface area contributed by atoms with E-state index in [1.807, 2.05) is 4.90 Å². The first kappa shape index (κ1) is 21.5. The minimum atomic E-state index is -0.399. The molecule has 2 aliphatic heterocycles. The minimum Gasteiger partial charge on any atom is -0.383 e. The molecule has 0 spiro atoms. The predicted octanol–water partition coefficient (Wildman–Crippen LogP) is 1.46. The molecule has 31 heavy (non-hydrogen) atoms. The molecule has 1 aliphatic carbocycles. The van der Waals surface area contributed by atoms with Crippen LogP contribution in [0.4, 0.5) is 14.9 Å². The summed E-state index contributed by atoms with van der Waals surface area (Å²) in [6, 6.07) is 5.72. The number of halogens is 1. The molecule has 2 heterocycles. The fourth-order valence-corrected chi connectivity index (χ4v) is 4.88. The molecule has 4 rings (SSSR count). The van der Waals surface area contributed by atoms with Crippen molar-refractivity contribution >= 4 is 23.5 Å². The number of carbonyl (C=O) groups is 3. The van der Waals surface area contributed by atoms with E-state index in [1.165, 1.54) is 24.1 Å². The number of rotatable bonds is 5. The van der Waals surface area contributed by atoms with Crippen LogP contribution in [0.15, 0.2) is 24.3 Å². The molecule has 3 aliphatic rings. The first-order valence-electron chi connectivity index (χ1n) is 10.9. The van der Waals surface area contributed by atoms with E-state index in [0.29, 0.717) is 52.0 Å². The Kier molecular flexibility index (Phi) is 6.41. The van der Waals surface area contributed by atoms with Gasteiger partial charge in [0.25, 0.3) is 0 Å². The smallest absolute Gasteiger partial charge is 0.324 e. The van der Waals surface area contributed by atoms with Crippen LogP contribution < -0.4 is 10.2 Å². The highest BCUT2D eigenvalue weighted by atomic mass is 19.1. The predicted molar refractivity (Wildman–Crippen MR) is 112 cm³/mol. The molecule has 1 aromatic rings. The fourth-order valence-electron chi connectivity index (χ4n) is 4.88. The second-order valence-electron chi connectivity index (χ2n) is 8.44. The van der Waals surface area contributed by atoms with E-state index < -0.39 is 6.03 Å². The van der Waals surface area contributed by atoms with Crippen molar-refractivity contribution in [2.45, 2.75) is 25.3 Å². The van der Waals surface area contributed by atoms with Crippen molar-refractivity contribution in [3.63, 3.8) is 0 Å². The number of hydrogen-bond donors (Lipinski definition) is 1. The molecule has 2 saturated heterocycles. The topological polar surface area (TPSA) is 82.2 Å². The first-order chi connectivity index (χ1) is 15.0. The number of amides is 4. The summed E-state index contributed by atoms with van der Waals surface area (Å²) < 4.78 is 18.1. The summed E-state index contributed by atoms with van der Waals surface area (Å²) in [5.41, 5.74) is 0.954. The van der Waals surface area contributed by atoms with Crippen LogP contribution in [0.1, 0.15) is 19.3 Å². The number of imide groups is 1. The lowest BCUT2D eigenvalue weighted by Gasteiger charge is -2.43. The molecule has 3 atom stereocenters. The van der Waals surface area contributed by atoms with Crippen LogP contribution in [-0.4, -0.2) is 80.1 Å². The van der Waals surface area contributed by atoms with Gasteiger partial charge in [0.05, 0.1) is 19.1 Å². The number of urea groups is 1. The summed E-state index contributed by atoms with van der Waals surface area (Å²) in [5.74, 6) is -0.778. The van der Waals surface area contributed by atoms with Gasteiger partial charge in [0.2, 0.25) is 11.8 Å². The highest BCUT2D eigenvalue weighted by molar-refractivity contribution is 5.99. The quantitative estimate of drug-likeness (QED) is 0.762. The standard InChI is InChI=1S/C22H29FN4O4/c1-31-13-12-27-21(29)18-7-2-15(14-19(18)24-22(27)30)20(28)26-10-8-25(9-11-26)17-5-3-16(23)4-6-17/h3-6,15,18-19H,2,7-14H2,1H3,(H,24,30). The molecular formula is C22H29FN4O4. The van der Waals surface area contributed by atoms with Crippen molar-refractivity contribution < 1.29 is 23.5 Å². The average molecular weight is 432 g/mol. The summed E-state index contributed by atoms with van der Waals surface area (Å²) in [6.07, 6.45) is 1.74. The molecule has 1 saturated carbocycles. The number of piperazine rings is 1. The highest BCUT2D eigenvalue weighted by Crippen LogP contribution is 2.34. The van der Waals surface area contributed by atoms with Gasteiger partial charge < -0.3 is 19.9 Å². The lowest BCUT2D eigenvalue weighted by molar-refractivity contribution is -0.143. The molecule has 4 amide bonds. The Morgan fingerprint density at radius 3 is 2.52 bits per heavy atom. The van der Waals surface area contributed by atoms with Gasteiger partial charge >= 0.3 is 6.03 Å². The monoisotopic (exact) mass is 432 g/mol. The van der Waals surface area contributed by atoms with Crippen molar-refractivity contribution in [3.05, 3.63) is 30.1 Å². The first-order valence-corrected chi connectivity index (χ1v) is 10.9. The summed E-state index contributed by atoms with van der Waals surface area (Å²) in [7, 11) is 1.53. The van der Waals surface area contributed by atoms with E-state index in [2.05, 4.69) is 10.2 Å². The maximum atomic E-state index is 13.1. The van der Waals surface area contributed by atoms with E-state index in [1.54, 1.807) is 12.1 Å². The Bertz CT molecular complexity index is 825. The molecule has 1 aromatic carbocycles. The van der Waals surface area contributed by atoms with Gasteiger partial charge in [0.1, 0.15) is 5.82 Å². The molecule has 9 heteroatoms. The van der Waals surface area contributed by atoms with E-state index >= 15 is 0 Å². The third-order valence-corrected chi connectivity index (χ3v) is 6.64. The Labute approximate surface area is 181 Å². The molecule has 0 radical (unpaired) electrons. The maximum absolute atomic E-state index is 13.1. The molecule has 168 valence electrons. The highest BCUT2D eigenvalue weighted by Gasteiger charge is 2.45. The van der Waals surface area contributed by atoms with Gasteiger partial charge in [-0.3, -0.25) is 14.5 Å². The molecule has 0 aromatic heterocycles. The van der Waals surface area contributed by atoms with Crippen molar-refractivity contribution in [1.29, 1.82) is 0 Å². The Hall–Kier alpha value is -2.68. The van der Waals surface area contributed by atoms with Crippen LogP contribution in [0.25, 0.3) is 0 Å². The number of carbonyl (C=O) groups excluding carboxylic acids is 3. The lowest BCUT2D eigenvalue weighted by atomic mass is 9.76. The normalized spacial score (nSPS) is 26.5. The summed E-state index contributed by atoms with van der Waals surface area (Å²) in [6.45, 7) is 3.15. The van der Waals surface area contributed by atoms with Gasteiger partial charge in [-0.2, -0.15) is 0 Å². The summed E-state index contributed by atoms with van der Waals surface area (Å²) >= 11 is 0. The van der Waals surface area contributed by atoms with Crippen molar-refractivity contribution in [3.8, 4) is 0 Å². The second-order valence-corrected chi connectivity index (χ2v) is 8.44. The number of benzene rings is 1. The van der Waals surface area contributed by atoms with Gasteiger partial charge in [-0.25, -0.2) is 9.18 Å². The largest absolute Gasteiger partial charge is 0.383 e. The minimum absolute atomic E-state index is 0.0979. The molecule has 3 fully saturated rings. The average Bonchev–Trinajstić information content (AvgIpc) is 2.79. The Morgan fingerprint density at radius 1 is 1.13 bits per heavy atom. The van der Waals surface area contributed by atoms with E-state index in [9.17, 15) is 18.8 Å². The lowest BCUT2D eigenvalue weighted by Crippen LogP contribution is -2.62. The Morgan fingerprint density at radius 2 is 1.84 bits per heavy atom. The zero-order valence-electron chi connectivity index (χ0n) is 17.8. The van der Waals surface area contributed by atoms with Crippen LogP contribution in [0.2, 0.25) is 0 Å². The van der Waals surface area contributed by atoms with E-state index in [-0.39, 0.29) is 42.1 Å². The van der Waals surface area contributed by atoms with Crippen LogP contribution in [0.3, 0.4) is 0 Å². The van der Waals surface area contributed by atoms with Gasteiger partial charge in [-0.15, -0.1) is 0 Å². The number of nitrogens with one attached hydrogen (secondary N) is 1. The van der Waals surface area contributed by atoms with E-state index in [4.69, 9.17) is 4.74 Å². The molecule has 1 N–H and O–H groups in total. The second kappa shape index (κ2) is 9.21. The van der Waals surface area contributed by atoms with Crippen LogP contribution in [0.5, 0.6) is 0 Å². The number of anilines is 1. The third-order valence-electron chi connectivity index (χ3n) is 6.64.